The topological polar surface area (TPSA) is 105 Å². The number of ether oxygens (including phenoxy) is 1. The van der Waals surface area contributed by atoms with Crippen LogP contribution in [0.5, 0.6) is 0 Å². The predicted octanol–water partition coefficient (Wildman–Crippen LogP) is 1.75. The maximum absolute atomic E-state index is 12.2. The van der Waals surface area contributed by atoms with Crippen LogP contribution in [-0.2, 0) is 19.1 Å². The van der Waals surface area contributed by atoms with E-state index in [1.807, 2.05) is 27.7 Å². The van der Waals surface area contributed by atoms with Crippen molar-refractivity contribution in [2.75, 3.05) is 19.8 Å². The van der Waals surface area contributed by atoms with E-state index in [4.69, 9.17) is 9.84 Å². The van der Waals surface area contributed by atoms with Crippen LogP contribution in [0.3, 0.4) is 0 Å². The van der Waals surface area contributed by atoms with Gasteiger partial charge in [0, 0.05) is 24.9 Å². The molecule has 0 aromatic rings. The lowest BCUT2D eigenvalue weighted by molar-refractivity contribution is -0.138. The van der Waals surface area contributed by atoms with Crippen molar-refractivity contribution < 1.29 is 24.2 Å². The van der Waals surface area contributed by atoms with Crippen LogP contribution in [0.1, 0.15) is 59.8 Å². The van der Waals surface area contributed by atoms with Gasteiger partial charge in [-0.25, -0.2) is 0 Å². The Labute approximate surface area is 150 Å². The summed E-state index contributed by atoms with van der Waals surface area (Å²) in [5.74, 6) is -0.774. The molecule has 1 atom stereocenters. The molecule has 0 aliphatic heterocycles. The minimum absolute atomic E-state index is 0.0112. The van der Waals surface area contributed by atoms with Gasteiger partial charge in [0.05, 0.1) is 25.7 Å². The summed E-state index contributed by atoms with van der Waals surface area (Å²) in [6.45, 7) is 8.79. The molecule has 0 bridgehead atoms. The highest BCUT2D eigenvalue weighted by Crippen LogP contribution is 2.08. The van der Waals surface area contributed by atoms with E-state index < -0.39 is 5.97 Å². The third kappa shape index (κ3) is 13.5. The number of rotatable bonds is 15. The van der Waals surface area contributed by atoms with Gasteiger partial charge >= 0.3 is 5.97 Å². The van der Waals surface area contributed by atoms with Crippen LogP contribution in [0, 0.1) is 5.92 Å². The molecule has 0 fully saturated rings. The van der Waals surface area contributed by atoms with E-state index in [9.17, 15) is 14.4 Å². The molecule has 0 aromatic carbocycles. The summed E-state index contributed by atoms with van der Waals surface area (Å²) in [6, 6.07) is 0.131. The Morgan fingerprint density at radius 3 is 2.20 bits per heavy atom. The van der Waals surface area contributed by atoms with E-state index in [-0.39, 0.29) is 55.7 Å². The number of carboxylic acids is 1. The van der Waals surface area contributed by atoms with E-state index in [1.54, 1.807) is 0 Å². The summed E-state index contributed by atoms with van der Waals surface area (Å²) >= 11 is 0. The molecule has 0 aliphatic carbocycles. The fraction of sp³-hybridized carbons (Fsp3) is 0.833. The van der Waals surface area contributed by atoms with Crippen molar-refractivity contribution in [1.29, 1.82) is 0 Å². The molecule has 7 heteroatoms. The number of carboxylic acid groups (broad SMARTS) is 1. The molecule has 0 unspecified atom stereocenters. The van der Waals surface area contributed by atoms with Crippen molar-refractivity contribution >= 4 is 17.7 Å². The molecule has 0 saturated carbocycles. The zero-order valence-corrected chi connectivity index (χ0v) is 16.0. The van der Waals surface area contributed by atoms with E-state index >= 15 is 0 Å². The Bertz CT molecular complexity index is 410. The first-order chi connectivity index (χ1) is 11.7. The van der Waals surface area contributed by atoms with Crippen LogP contribution in [-0.4, -0.2) is 54.6 Å². The number of carbonyl (C=O) groups excluding carboxylic acids is 2. The number of hydrogen-bond acceptors (Lipinski definition) is 5. The number of nitrogens with one attached hydrogen (secondary N) is 2. The number of unbranched alkanes of at least 4 members (excludes halogenated alkanes) is 1. The highest BCUT2D eigenvalue weighted by atomic mass is 16.5. The second-order valence-electron chi connectivity index (χ2n) is 6.78. The van der Waals surface area contributed by atoms with Crippen LogP contribution in [0.4, 0.5) is 0 Å². The molecule has 0 aromatic heterocycles. The lowest BCUT2D eigenvalue weighted by atomic mass is 9.96. The number of aliphatic carboxylic acids is 1. The molecular weight excluding hydrogens is 324 g/mol. The molecule has 0 spiro atoms. The first-order valence-electron chi connectivity index (χ1n) is 9.10. The van der Waals surface area contributed by atoms with Gasteiger partial charge in [-0.05, 0) is 19.3 Å². The minimum Gasteiger partial charge on any atom is -0.481 e. The van der Waals surface area contributed by atoms with Gasteiger partial charge in [-0.3, -0.25) is 14.4 Å². The van der Waals surface area contributed by atoms with Gasteiger partial charge in [0.25, 0.3) is 0 Å². The van der Waals surface area contributed by atoms with Gasteiger partial charge in [-0.1, -0.05) is 27.7 Å². The second-order valence-corrected chi connectivity index (χ2v) is 6.78. The van der Waals surface area contributed by atoms with E-state index in [0.717, 1.165) is 19.3 Å². The third-order valence-electron chi connectivity index (χ3n) is 3.62. The van der Waals surface area contributed by atoms with Gasteiger partial charge in [0.2, 0.25) is 5.91 Å². The maximum Gasteiger partial charge on any atom is 0.305 e. The Morgan fingerprint density at radius 2 is 1.64 bits per heavy atom. The lowest BCUT2D eigenvalue weighted by Crippen LogP contribution is -2.42. The highest BCUT2D eigenvalue weighted by Gasteiger charge is 2.21. The Balaban J connectivity index is 3.81. The number of carbonyl (C=O) groups is 3. The summed E-state index contributed by atoms with van der Waals surface area (Å²) in [5, 5.41) is 14.6. The molecule has 1 amide bonds. The molecule has 146 valence electrons. The smallest absolute Gasteiger partial charge is 0.305 e. The van der Waals surface area contributed by atoms with Crippen LogP contribution >= 0.6 is 0 Å². The lowest BCUT2D eigenvalue weighted by Gasteiger charge is -2.22. The average molecular weight is 358 g/mol. The molecule has 0 rings (SSSR count). The minimum atomic E-state index is -0.911. The summed E-state index contributed by atoms with van der Waals surface area (Å²) in [6.07, 6.45) is 2.61. The summed E-state index contributed by atoms with van der Waals surface area (Å²) in [4.78, 5) is 34.1. The van der Waals surface area contributed by atoms with Crippen LogP contribution in [0.25, 0.3) is 0 Å². The van der Waals surface area contributed by atoms with Crippen molar-refractivity contribution in [2.45, 2.75) is 71.9 Å². The molecule has 0 heterocycles. The van der Waals surface area contributed by atoms with Gasteiger partial charge < -0.3 is 20.5 Å². The zero-order chi connectivity index (χ0) is 19.2. The fourth-order valence-electron chi connectivity index (χ4n) is 2.33. The van der Waals surface area contributed by atoms with E-state index in [2.05, 4.69) is 10.6 Å². The summed E-state index contributed by atoms with van der Waals surface area (Å²) in [7, 11) is 0. The first-order valence-corrected chi connectivity index (χ1v) is 9.10. The molecule has 0 radical (unpaired) electrons. The predicted molar refractivity (Wildman–Crippen MR) is 96.5 cm³/mol. The van der Waals surface area contributed by atoms with Crippen molar-refractivity contribution in [3.8, 4) is 0 Å². The number of Topliss-reactive ketones (excluding diaryl/α,β-unsaturated/α-hetero) is 1. The fourth-order valence-corrected chi connectivity index (χ4v) is 2.33. The van der Waals surface area contributed by atoms with Crippen LogP contribution in [0.2, 0.25) is 0 Å². The van der Waals surface area contributed by atoms with E-state index in [1.165, 1.54) is 0 Å². The highest BCUT2D eigenvalue weighted by molar-refractivity contribution is 5.85. The van der Waals surface area contributed by atoms with Gasteiger partial charge in [-0.15, -0.1) is 0 Å². The second kappa shape index (κ2) is 13.8. The number of amides is 1. The molecular formula is C18H34N2O5. The van der Waals surface area contributed by atoms with Gasteiger partial charge in [0.15, 0.2) is 5.78 Å². The Morgan fingerprint density at radius 1 is 1.00 bits per heavy atom. The molecule has 7 nitrogen and oxygen atoms in total. The number of ketones is 1. The number of hydrogen-bond donors (Lipinski definition) is 3. The standard InChI is InChI=1S/C18H34N2O5/c1-13(2)18(24)15(20-14(3)4)7-5-6-10-19-16(21)8-11-25-12-9-17(22)23/h13-15,20H,5-12H2,1-4H3,(H,19,21)(H,22,23)/t15-/m0/s1. The zero-order valence-electron chi connectivity index (χ0n) is 16.0. The molecule has 25 heavy (non-hydrogen) atoms. The van der Waals surface area contributed by atoms with E-state index in [0.29, 0.717) is 6.54 Å². The molecule has 3 N–H and O–H groups in total. The van der Waals surface area contributed by atoms with Crippen molar-refractivity contribution in [2.24, 2.45) is 5.92 Å². The van der Waals surface area contributed by atoms with Crippen molar-refractivity contribution in [3.63, 3.8) is 0 Å². The Hall–Kier alpha value is -1.47. The van der Waals surface area contributed by atoms with Crippen molar-refractivity contribution in [3.05, 3.63) is 0 Å². The van der Waals surface area contributed by atoms with Gasteiger partial charge in [-0.2, -0.15) is 0 Å². The molecule has 0 saturated heterocycles. The SMILES string of the molecule is CC(C)N[C@@H](CCCCNC(=O)CCOCCC(=O)O)C(=O)C(C)C. The largest absolute Gasteiger partial charge is 0.481 e. The molecule has 0 aliphatic rings. The normalized spacial score (nSPS) is 12.4. The first kappa shape index (κ1) is 23.5. The summed E-state index contributed by atoms with van der Waals surface area (Å²) in [5.41, 5.74) is 0. The van der Waals surface area contributed by atoms with Crippen LogP contribution in [0.15, 0.2) is 0 Å². The van der Waals surface area contributed by atoms with Gasteiger partial charge in [0.1, 0.15) is 0 Å². The van der Waals surface area contributed by atoms with Crippen molar-refractivity contribution in [1.82, 2.24) is 10.6 Å². The van der Waals surface area contributed by atoms with Crippen LogP contribution < -0.4 is 10.6 Å². The monoisotopic (exact) mass is 358 g/mol. The maximum atomic E-state index is 12.2. The third-order valence-corrected chi connectivity index (χ3v) is 3.62. The quantitative estimate of drug-likeness (QED) is 0.385. The Kier molecular flexibility index (Phi) is 13.0. The average Bonchev–Trinajstić information content (AvgIpc) is 2.51. The summed E-state index contributed by atoms with van der Waals surface area (Å²) < 4.78 is 5.07.